The van der Waals surface area contributed by atoms with Gasteiger partial charge >= 0.3 is 6.03 Å². The molecule has 4 aromatic rings. The number of benzene rings is 3. The van der Waals surface area contributed by atoms with E-state index in [0.717, 1.165) is 65.3 Å². The Hall–Kier alpha value is -4.16. The molecule has 6 nitrogen and oxygen atoms in total. The van der Waals surface area contributed by atoms with Gasteiger partial charge in [-0.25, -0.2) is 4.79 Å². The first kappa shape index (κ1) is 26.1. The first-order valence-electron chi connectivity index (χ1n) is 14.1. The van der Waals surface area contributed by atoms with Gasteiger partial charge in [0.25, 0.3) is 5.91 Å². The van der Waals surface area contributed by atoms with Gasteiger partial charge in [0, 0.05) is 41.6 Å². The van der Waals surface area contributed by atoms with Gasteiger partial charge in [0.1, 0.15) is 0 Å². The molecule has 1 aromatic heterocycles. The van der Waals surface area contributed by atoms with Gasteiger partial charge in [-0.05, 0) is 105 Å². The third-order valence-electron chi connectivity index (χ3n) is 8.73. The molecule has 1 atom stereocenters. The second-order valence-corrected chi connectivity index (χ2v) is 11.2. The average Bonchev–Trinajstić information content (AvgIpc) is 3.20. The van der Waals surface area contributed by atoms with Gasteiger partial charge in [-0.1, -0.05) is 42.5 Å². The number of nitrogens with one attached hydrogen (secondary N) is 2. The van der Waals surface area contributed by atoms with Crippen LogP contribution in [0, 0.1) is 20.8 Å². The highest BCUT2D eigenvalue weighted by Crippen LogP contribution is 2.37. The fourth-order valence-corrected chi connectivity index (χ4v) is 6.24. The molecule has 2 aliphatic rings. The summed E-state index contributed by atoms with van der Waals surface area (Å²) in [6, 6.07) is 22.0. The molecule has 0 fully saturated rings. The number of nitrogens with zero attached hydrogens (tertiary/aromatic N) is 2. The lowest BCUT2D eigenvalue weighted by molar-refractivity contribution is 0.0659. The van der Waals surface area contributed by atoms with Crippen LogP contribution in [0.3, 0.4) is 0 Å². The molecule has 204 valence electrons. The quantitative estimate of drug-likeness (QED) is 0.321. The maximum atomic E-state index is 14.5. The third kappa shape index (κ3) is 4.52. The third-order valence-corrected chi connectivity index (χ3v) is 8.73. The summed E-state index contributed by atoms with van der Waals surface area (Å²) in [7, 11) is 0. The predicted octanol–water partition coefficient (Wildman–Crippen LogP) is 6.39. The van der Waals surface area contributed by atoms with Crippen molar-refractivity contribution in [3.05, 3.63) is 111 Å². The molecule has 0 bridgehead atoms. The van der Waals surface area contributed by atoms with Gasteiger partial charge < -0.3 is 15.5 Å². The highest BCUT2D eigenvalue weighted by atomic mass is 16.2. The van der Waals surface area contributed by atoms with E-state index in [1.165, 1.54) is 16.7 Å². The first-order chi connectivity index (χ1) is 19.3. The predicted molar refractivity (Wildman–Crippen MR) is 160 cm³/mol. The van der Waals surface area contributed by atoms with Crippen LogP contribution in [-0.2, 0) is 25.9 Å². The van der Waals surface area contributed by atoms with E-state index in [-0.39, 0.29) is 18.0 Å². The van der Waals surface area contributed by atoms with Crippen LogP contribution in [-0.4, -0.2) is 34.0 Å². The van der Waals surface area contributed by atoms with E-state index >= 15 is 0 Å². The molecule has 0 radical (unpaired) electrons. The van der Waals surface area contributed by atoms with E-state index in [9.17, 15) is 9.59 Å². The lowest BCUT2D eigenvalue weighted by atomic mass is 9.89. The monoisotopic (exact) mass is 532 g/mol. The van der Waals surface area contributed by atoms with Crippen LogP contribution < -0.4 is 10.6 Å². The van der Waals surface area contributed by atoms with Crippen LogP contribution in [0.15, 0.2) is 66.7 Å². The molecule has 0 unspecified atom stereocenters. The number of para-hydroxylation sites is 1. The summed E-state index contributed by atoms with van der Waals surface area (Å²) in [4.78, 5) is 30.3. The molecule has 6 heteroatoms. The Morgan fingerprint density at radius 1 is 0.875 bits per heavy atom. The van der Waals surface area contributed by atoms with Gasteiger partial charge in [-0.3, -0.25) is 9.36 Å². The zero-order chi connectivity index (χ0) is 28.0. The molecule has 6 rings (SSSR count). The van der Waals surface area contributed by atoms with Crippen molar-refractivity contribution in [1.29, 1.82) is 0 Å². The molecule has 0 aliphatic carbocycles. The molecule has 0 spiro atoms. The second-order valence-electron chi connectivity index (χ2n) is 11.2. The Morgan fingerprint density at radius 2 is 1.60 bits per heavy atom. The molecule has 0 saturated heterocycles. The Labute approximate surface area is 236 Å². The first-order valence-corrected chi connectivity index (χ1v) is 14.1. The van der Waals surface area contributed by atoms with Crippen molar-refractivity contribution < 1.29 is 9.59 Å². The molecule has 3 aromatic carbocycles. The normalized spacial score (nSPS) is 16.3. The van der Waals surface area contributed by atoms with Crippen molar-refractivity contribution in [1.82, 2.24) is 14.8 Å². The number of anilines is 1. The summed E-state index contributed by atoms with van der Waals surface area (Å²) in [5.41, 5.74) is 10.8. The number of amides is 2. The van der Waals surface area contributed by atoms with Crippen molar-refractivity contribution in [2.45, 2.75) is 59.7 Å². The molecule has 0 saturated carbocycles. The Morgan fingerprint density at radius 3 is 2.38 bits per heavy atom. The lowest BCUT2D eigenvalue weighted by Crippen LogP contribution is -2.43. The number of rotatable bonds is 3. The second kappa shape index (κ2) is 10.4. The topological polar surface area (TPSA) is 66.4 Å². The Kier molecular flexibility index (Phi) is 6.80. The summed E-state index contributed by atoms with van der Waals surface area (Å²) in [6.07, 6.45) is 1.72. The maximum Gasteiger partial charge on any atom is 0.330 e. The molecule has 2 N–H and O–H groups in total. The van der Waals surface area contributed by atoms with E-state index in [4.69, 9.17) is 0 Å². The summed E-state index contributed by atoms with van der Waals surface area (Å²) in [5, 5.41) is 6.52. The number of fused-ring (bicyclic) bond motifs is 2. The number of hydrogen-bond donors (Lipinski definition) is 2. The SMILES string of the molecule is Cc1c(C)c(-c2cc3c(cc2C(=O)N2Cc4ccccc4C[C@H]2C)CNCC3)n(C(=O)Nc2ccccc2)c1C. The molecule has 2 aliphatic heterocycles. The zero-order valence-electron chi connectivity index (χ0n) is 23.7. The highest BCUT2D eigenvalue weighted by molar-refractivity contribution is 6.04. The van der Waals surface area contributed by atoms with Crippen LogP contribution in [0.25, 0.3) is 11.3 Å². The molecular weight excluding hydrogens is 496 g/mol. The Bertz CT molecular complexity index is 1620. The summed E-state index contributed by atoms with van der Waals surface area (Å²) >= 11 is 0. The van der Waals surface area contributed by atoms with Crippen LogP contribution >= 0.6 is 0 Å². The van der Waals surface area contributed by atoms with E-state index in [1.54, 1.807) is 4.57 Å². The van der Waals surface area contributed by atoms with Gasteiger partial charge in [0.15, 0.2) is 0 Å². The number of aromatic nitrogens is 1. The van der Waals surface area contributed by atoms with Gasteiger partial charge in [0.2, 0.25) is 0 Å². The minimum Gasteiger partial charge on any atom is -0.331 e. The van der Waals surface area contributed by atoms with Crippen LogP contribution in [0.5, 0.6) is 0 Å². The highest BCUT2D eigenvalue weighted by Gasteiger charge is 2.32. The van der Waals surface area contributed by atoms with E-state index in [0.29, 0.717) is 12.1 Å². The summed E-state index contributed by atoms with van der Waals surface area (Å²) < 4.78 is 1.76. The van der Waals surface area contributed by atoms with E-state index < -0.39 is 0 Å². The smallest absolute Gasteiger partial charge is 0.330 e. The zero-order valence-corrected chi connectivity index (χ0v) is 23.7. The minimum atomic E-state index is -0.229. The van der Waals surface area contributed by atoms with Crippen molar-refractivity contribution in [3.8, 4) is 11.3 Å². The van der Waals surface area contributed by atoms with Crippen molar-refractivity contribution in [2.75, 3.05) is 11.9 Å². The van der Waals surface area contributed by atoms with Crippen molar-refractivity contribution >= 4 is 17.6 Å². The van der Waals surface area contributed by atoms with Crippen molar-refractivity contribution in [2.24, 2.45) is 0 Å². The fourth-order valence-electron chi connectivity index (χ4n) is 6.24. The fraction of sp³-hybridized carbons (Fsp3) is 0.294. The average molecular weight is 533 g/mol. The van der Waals surface area contributed by atoms with E-state index in [2.05, 4.69) is 54.8 Å². The van der Waals surface area contributed by atoms with Crippen LogP contribution in [0.4, 0.5) is 10.5 Å². The maximum absolute atomic E-state index is 14.5. The molecule has 40 heavy (non-hydrogen) atoms. The number of carbonyl (C=O) groups excluding carboxylic acids is 2. The van der Waals surface area contributed by atoms with Crippen molar-refractivity contribution in [3.63, 3.8) is 0 Å². The Balaban J connectivity index is 1.49. The lowest BCUT2D eigenvalue weighted by Gasteiger charge is -2.36. The largest absolute Gasteiger partial charge is 0.331 e. The van der Waals surface area contributed by atoms with Gasteiger partial charge in [-0.2, -0.15) is 0 Å². The summed E-state index contributed by atoms with van der Waals surface area (Å²) in [5.74, 6) is 0.0105. The van der Waals surface area contributed by atoms with Crippen LogP contribution in [0.2, 0.25) is 0 Å². The molecular formula is C34H36N4O2. The minimum absolute atomic E-state index is 0.0105. The van der Waals surface area contributed by atoms with Gasteiger partial charge in [0.05, 0.1) is 5.69 Å². The standard InChI is InChI=1S/C34H36N4O2/c1-21-16-25-10-8-9-11-27(25)20-37(21)33(39)31-18-28-19-35-15-14-26(28)17-30(31)32-23(3)22(2)24(4)38(32)34(40)36-29-12-6-5-7-13-29/h5-13,17-18,21,35H,14-16,19-20H2,1-4H3,(H,36,40)/t21-/m1/s1. The molecule has 3 heterocycles. The number of carbonyl (C=O) groups is 2. The van der Waals surface area contributed by atoms with Gasteiger partial charge in [-0.15, -0.1) is 0 Å². The summed E-state index contributed by atoms with van der Waals surface area (Å²) in [6.45, 7) is 10.4. The molecule has 2 amide bonds. The van der Waals surface area contributed by atoms with Crippen LogP contribution in [0.1, 0.15) is 56.4 Å². The van der Waals surface area contributed by atoms with E-state index in [1.807, 2.05) is 55.1 Å². The number of hydrogen-bond acceptors (Lipinski definition) is 3.